The molecule has 0 unspecified atom stereocenters. The third kappa shape index (κ3) is 2.36. The van der Waals surface area contributed by atoms with Gasteiger partial charge in [0, 0.05) is 17.8 Å². The van der Waals surface area contributed by atoms with Crippen molar-refractivity contribution in [3.8, 4) is 17.0 Å². The first kappa shape index (κ1) is 15.3. The molecule has 126 valence electrons. The Bertz CT molecular complexity index is 1130. The Morgan fingerprint density at radius 1 is 1.12 bits per heavy atom. The van der Waals surface area contributed by atoms with Gasteiger partial charge in [-0.25, -0.2) is 4.98 Å². The van der Waals surface area contributed by atoms with Crippen LogP contribution >= 0.6 is 0 Å². The zero-order valence-electron chi connectivity index (χ0n) is 14.2. The van der Waals surface area contributed by atoms with Gasteiger partial charge in [-0.05, 0) is 44.2 Å². The van der Waals surface area contributed by atoms with Crippen molar-refractivity contribution in [2.24, 2.45) is 0 Å². The van der Waals surface area contributed by atoms with E-state index in [-0.39, 0.29) is 11.6 Å². The third-order valence-electron chi connectivity index (χ3n) is 4.22. The van der Waals surface area contributed by atoms with Crippen LogP contribution in [0.4, 0.5) is 0 Å². The summed E-state index contributed by atoms with van der Waals surface area (Å²) >= 11 is 0. The van der Waals surface area contributed by atoms with Gasteiger partial charge in [0.1, 0.15) is 12.1 Å². The molecular weight excluding hydrogens is 318 g/mol. The number of benzene rings is 1. The van der Waals surface area contributed by atoms with Crippen molar-refractivity contribution in [2.75, 3.05) is 7.11 Å². The zero-order chi connectivity index (χ0) is 17.6. The van der Waals surface area contributed by atoms with E-state index < -0.39 is 0 Å². The van der Waals surface area contributed by atoms with Gasteiger partial charge in [-0.2, -0.15) is 14.6 Å². The summed E-state index contributed by atoms with van der Waals surface area (Å²) in [7, 11) is 1.62. The van der Waals surface area contributed by atoms with Gasteiger partial charge in [-0.1, -0.05) is 0 Å². The van der Waals surface area contributed by atoms with Gasteiger partial charge in [0.2, 0.25) is 0 Å². The third-order valence-corrected chi connectivity index (χ3v) is 4.22. The minimum Gasteiger partial charge on any atom is -0.497 e. The van der Waals surface area contributed by atoms with E-state index >= 15 is 0 Å². The van der Waals surface area contributed by atoms with E-state index in [9.17, 15) is 4.79 Å². The second-order valence-electron chi connectivity index (χ2n) is 6.04. The smallest absolute Gasteiger partial charge is 0.262 e. The summed E-state index contributed by atoms with van der Waals surface area (Å²) < 4.78 is 8.53. The second kappa shape index (κ2) is 5.70. The number of fused-ring (bicyclic) bond motifs is 2. The van der Waals surface area contributed by atoms with Crippen molar-refractivity contribution in [3.63, 3.8) is 0 Å². The number of ether oxygens (including phenoxy) is 1. The van der Waals surface area contributed by atoms with Crippen molar-refractivity contribution in [3.05, 3.63) is 53.2 Å². The minimum absolute atomic E-state index is 0.0482. The topological polar surface area (TPSA) is 74.3 Å². The highest BCUT2D eigenvalue weighted by Gasteiger charge is 2.17. The van der Waals surface area contributed by atoms with Crippen molar-refractivity contribution >= 4 is 16.7 Å². The Kier molecular flexibility index (Phi) is 3.49. The maximum atomic E-state index is 13.1. The molecule has 7 heteroatoms. The Morgan fingerprint density at radius 3 is 2.56 bits per heavy atom. The summed E-state index contributed by atoms with van der Waals surface area (Å²) in [5.74, 6) is 1.21. The lowest BCUT2D eigenvalue weighted by molar-refractivity contribution is 0.415. The number of hydrogen-bond donors (Lipinski definition) is 0. The van der Waals surface area contributed by atoms with Gasteiger partial charge >= 0.3 is 0 Å². The predicted octanol–water partition coefficient (Wildman–Crippen LogP) is 2.70. The molecule has 0 radical (unpaired) electrons. The van der Waals surface area contributed by atoms with E-state index in [1.807, 2.05) is 44.2 Å². The fourth-order valence-electron chi connectivity index (χ4n) is 2.96. The van der Waals surface area contributed by atoms with Gasteiger partial charge in [0.05, 0.1) is 23.7 Å². The van der Waals surface area contributed by atoms with E-state index in [0.717, 1.165) is 11.3 Å². The maximum absolute atomic E-state index is 13.1. The maximum Gasteiger partial charge on any atom is 0.262 e. The second-order valence-corrected chi connectivity index (χ2v) is 6.04. The van der Waals surface area contributed by atoms with Crippen molar-refractivity contribution in [2.45, 2.75) is 19.9 Å². The molecule has 0 atom stereocenters. The van der Waals surface area contributed by atoms with E-state index in [4.69, 9.17) is 4.74 Å². The average molecular weight is 335 g/mol. The first-order valence-electron chi connectivity index (χ1n) is 7.99. The molecule has 4 rings (SSSR count). The number of rotatable bonds is 3. The summed E-state index contributed by atoms with van der Waals surface area (Å²) in [6, 6.07) is 9.41. The van der Waals surface area contributed by atoms with Gasteiger partial charge < -0.3 is 9.30 Å². The molecule has 25 heavy (non-hydrogen) atoms. The van der Waals surface area contributed by atoms with Crippen LogP contribution in [0.5, 0.6) is 5.75 Å². The highest BCUT2D eigenvalue weighted by molar-refractivity contribution is 5.93. The first-order valence-corrected chi connectivity index (χ1v) is 7.99. The normalized spacial score (nSPS) is 11.5. The first-order chi connectivity index (χ1) is 12.1. The molecule has 3 aromatic heterocycles. The van der Waals surface area contributed by atoms with E-state index in [1.165, 1.54) is 6.33 Å². The van der Waals surface area contributed by atoms with Crippen LogP contribution in [-0.2, 0) is 0 Å². The number of methoxy groups -OCH3 is 1. The van der Waals surface area contributed by atoms with Crippen molar-refractivity contribution in [1.29, 1.82) is 0 Å². The standard InChI is InChI=1S/C18H17N5O2/c1-11(2)22-9-8-14-15(17(22)24)16(23-18(21-14)19-10-20-23)12-4-6-13(25-3)7-5-12/h4-11H,1-3H3. The summed E-state index contributed by atoms with van der Waals surface area (Å²) in [4.78, 5) is 21.7. The van der Waals surface area contributed by atoms with Crippen LogP contribution in [0.25, 0.3) is 27.9 Å². The fourth-order valence-corrected chi connectivity index (χ4v) is 2.96. The molecule has 4 aromatic rings. The number of nitrogens with zero attached hydrogens (tertiary/aromatic N) is 5. The molecule has 0 saturated carbocycles. The molecule has 1 aromatic carbocycles. The van der Waals surface area contributed by atoms with E-state index in [2.05, 4.69) is 15.1 Å². The van der Waals surface area contributed by atoms with Crippen LogP contribution in [0.15, 0.2) is 47.7 Å². The van der Waals surface area contributed by atoms with Gasteiger partial charge in [-0.15, -0.1) is 0 Å². The quantitative estimate of drug-likeness (QED) is 0.575. The minimum atomic E-state index is -0.0942. The molecule has 0 aliphatic carbocycles. The fraction of sp³-hybridized carbons (Fsp3) is 0.222. The van der Waals surface area contributed by atoms with Crippen LogP contribution in [0.1, 0.15) is 19.9 Å². The van der Waals surface area contributed by atoms with Gasteiger partial charge in [0.25, 0.3) is 11.3 Å². The SMILES string of the molecule is COc1ccc(-c2c3c(=O)n(C(C)C)ccc3nc3ncnn23)cc1. The molecule has 0 N–H and O–H groups in total. The average Bonchev–Trinajstić information content (AvgIpc) is 3.08. The Labute approximate surface area is 143 Å². The number of pyridine rings is 1. The molecule has 0 aliphatic rings. The number of hydrogen-bond acceptors (Lipinski definition) is 5. The monoisotopic (exact) mass is 335 g/mol. The van der Waals surface area contributed by atoms with Crippen LogP contribution in [-0.4, -0.2) is 31.3 Å². The van der Waals surface area contributed by atoms with Crippen LogP contribution in [0.3, 0.4) is 0 Å². The molecule has 0 spiro atoms. The van der Waals surface area contributed by atoms with Gasteiger partial charge in [-0.3, -0.25) is 4.79 Å². The molecule has 7 nitrogen and oxygen atoms in total. The molecule has 0 amide bonds. The molecular formula is C18H17N5O2. The molecule has 0 fully saturated rings. The lowest BCUT2D eigenvalue weighted by atomic mass is 10.1. The summed E-state index contributed by atoms with van der Waals surface area (Å²) in [6.07, 6.45) is 3.21. The predicted molar refractivity (Wildman–Crippen MR) is 94.9 cm³/mol. The van der Waals surface area contributed by atoms with Crippen LogP contribution in [0, 0.1) is 0 Å². The molecule has 0 aliphatic heterocycles. The van der Waals surface area contributed by atoms with Gasteiger partial charge in [0.15, 0.2) is 0 Å². The van der Waals surface area contributed by atoms with E-state index in [1.54, 1.807) is 22.4 Å². The van der Waals surface area contributed by atoms with Crippen molar-refractivity contribution < 1.29 is 4.74 Å². The zero-order valence-corrected chi connectivity index (χ0v) is 14.2. The van der Waals surface area contributed by atoms with Crippen LogP contribution in [0.2, 0.25) is 0 Å². The Hall–Kier alpha value is -3.22. The lowest BCUT2D eigenvalue weighted by Gasteiger charge is -2.13. The largest absolute Gasteiger partial charge is 0.497 e. The van der Waals surface area contributed by atoms with Crippen LogP contribution < -0.4 is 10.3 Å². The molecule has 0 bridgehead atoms. The number of aromatic nitrogens is 5. The molecule has 3 heterocycles. The summed E-state index contributed by atoms with van der Waals surface area (Å²) in [5.41, 5.74) is 2.04. The summed E-state index contributed by atoms with van der Waals surface area (Å²) in [5, 5.41) is 4.79. The molecule has 0 saturated heterocycles. The highest BCUT2D eigenvalue weighted by Crippen LogP contribution is 2.27. The Morgan fingerprint density at radius 2 is 1.88 bits per heavy atom. The highest BCUT2D eigenvalue weighted by atomic mass is 16.5. The lowest BCUT2D eigenvalue weighted by Crippen LogP contribution is -2.22. The van der Waals surface area contributed by atoms with Crippen molar-refractivity contribution in [1.82, 2.24) is 24.1 Å². The Balaban J connectivity index is 2.15. The summed E-state index contributed by atoms with van der Waals surface area (Å²) in [6.45, 7) is 3.95. The van der Waals surface area contributed by atoms with E-state index in [0.29, 0.717) is 22.4 Å².